The van der Waals surface area contributed by atoms with Crippen molar-refractivity contribution in [2.45, 2.75) is 25.0 Å². The molecule has 6 nitrogen and oxygen atoms in total. The lowest BCUT2D eigenvalue weighted by Gasteiger charge is -2.35. The molecular formula is C20H21ClN4O2. The molecule has 2 atom stereocenters. The average Bonchev–Trinajstić information content (AvgIpc) is 3.15. The number of anilines is 1. The summed E-state index contributed by atoms with van der Waals surface area (Å²) in [6, 6.07) is 13.1. The quantitative estimate of drug-likeness (QED) is 0.644. The number of H-pyrrole nitrogens is 1. The average molecular weight is 385 g/mol. The third-order valence-corrected chi connectivity index (χ3v) is 5.32. The molecular weight excluding hydrogens is 364 g/mol. The second kappa shape index (κ2) is 7.58. The van der Waals surface area contributed by atoms with Crippen LogP contribution in [0.4, 0.5) is 5.69 Å². The van der Waals surface area contributed by atoms with Gasteiger partial charge in [-0.15, -0.1) is 0 Å². The third kappa shape index (κ3) is 3.77. The zero-order valence-electron chi connectivity index (χ0n) is 14.7. The maximum absolute atomic E-state index is 12.8. The molecule has 1 aliphatic rings. The lowest BCUT2D eigenvalue weighted by Crippen LogP contribution is -2.46. The predicted molar refractivity (Wildman–Crippen MR) is 106 cm³/mol. The first-order valence-electron chi connectivity index (χ1n) is 9.03. The number of nitrogens with zero attached hydrogens (tertiary/aromatic N) is 2. The molecule has 0 saturated carbocycles. The molecule has 140 valence electrons. The molecule has 1 unspecified atom stereocenters. The minimum atomic E-state index is -1.24. The number of likely N-dealkylation sites (tertiary alicyclic amines) is 1. The molecule has 1 amide bonds. The molecule has 1 aliphatic heterocycles. The van der Waals surface area contributed by atoms with Crippen molar-refractivity contribution in [3.05, 3.63) is 59.2 Å². The van der Waals surface area contributed by atoms with Gasteiger partial charge in [0.25, 0.3) is 5.91 Å². The summed E-state index contributed by atoms with van der Waals surface area (Å²) in [5.74, 6) is -0.306. The first-order valence-corrected chi connectivity index (χ1v) is 9.40. The van der Waals surface area contributed by atoms with Gasteiger partial charge in [0.1, 0.15) is 0 Å². The van der Waals surface area contributed by atoms with E-state index in [0.717, 1.165) is 29.4 Å². The van der Waals surface area contributed by atoms with Gasteiger partial charge in [0.05, 0.1) is 11.7 Å². The second-order valence-corrected chi connectivity index (χ2v) is 7.27. The molecule has 1 aromatic heterocycles. The number of halogens is 1. The Hall–Kier alpha value is -2.57. The molecule has 4 rings (SSSR count). The number of benzene rings is 2. The topological polar surface area (TPSA) is 81.2 Å². The van der Waals surface area contributed by atoms with E-state index in [9.17, 15) is 9.90 Å². The summed E-state index contributed by atoms with van der Waals surface area (Å²) in [4.78, 5) is 14.5. The summed E-state index contributed by atoms with van der Waals surface area (Å²) in [5, 5.41) is 22.4. The number of hydrogen-bond donors (Lipinski definition) is 3. The molecule has 0 radical (unpaired) electrons. The van der Waals surface area contributed by atoms with E-state index in [1.54, 1.807) is 35.4 Å². The van der Waals surface area contributed by atoms with Crippen molar-refractivity contribution in [1.82, 2.24) is 15.1 Å². The Bertz CT molecular complexity index is 958. The number of aromatic nitrogens is 2. The van der Waals surface area contributed by atoms with E-state index in [1.807, 2.05) is 18.2 Å². The summed E-state index contributed by atoms with van der Waals surface area (Å²) in [7, 11) is 0. The minimum absolute atomic E-state index is 0.130. The number of carbonyl (C=O) groups is 1. The third-order valence-electron chi connectivity index (χ3n) is 4.98. The van der Waals surface area contributed by atoms with E-state index >= 15 is 0 Å². The monoisotopic (exact) mass is 384 g/mol. The van der Waals surface area contributed by atoms with Crippen molar-refractivity contribution < 1.29 is 9.90 Å². The molecule has 2 heterocycles. The van der Waals surface area contributed by atoms with Crippen molar-refractivity contribution in [3.63, 3.8) is 0 Å². The minimum Gasteiger partial charge on any atom is -0.381 e. The molecule has 7 heteroatoms. The molecule has 2 aromatic carbocycles. The first kappa shape index (κ1) is 17.8. The number of carbonyl (C=O) groups excluding carboxylic acids is 1. The van der Waals surface area contributed by atoms with Crippen molar-refractivity contribution in [1.29, 1.82) is 0 Å². The fourth-order valence-corrected chi connectivity index (χ4v) is 3.81. The van der Waals surface area contributed by atoms with E-state index in [0.29, 0.717) is 23.7 Å². The number of fused-ring (bicyclic) bond motifs is 1. The van der Waals surface area contributed by atoms with Crippen LogP contribution in [0.3, 0.4) is 0 Å². The SMILES string of the molecule is O=C([C@@H](O)c1ccccc1Cl)N1CCCC(Nc2ccc3[nH]ncc3c2)C1. The number of aromatic amines is 1. The Morgan fingerprint density at radius 1 is 1.33 bits per heavy atom. The number of aliphatic hydroxyl groups is 1. The highest BCUT2D eigenvalue weighted by Crippen LogP contribution is 2.26. The van der Waals surface area contributed by atoms with Gasteiger partial charge < -0.3 is 15.3 Å². The maximum atomic E-state index is 12.8. The zero-order chi connectivity index (χ0) is 18.8. The summed E-state index contributed by atoms with van der Waals surface area (Å²) in [6.45, 7) is 1.18. The number of piperidine rings is 1. The van der Waals surface area contributed by atoms with Crippen LogP contribution in [-0.4, -0.2) is 45.2 Å². The maximum Gasteiger partial charge on any atom is 0.256 e. The molecule has 3 N–H and O–H groups in total. The largest absolute Gasteiger partial charge is 0.381 e. The Morgan fingerprint density at radius 2 is 2.19 bits per heavy atom. The van der Waals surface area contributed by atoms with Crippen molar-refractivity contribution >= 4 is 34.1 Å². The lowest BCUT2D eigenvalue weighted by molar-refractivity contribution is -0.141. The number of nitrogens with one attached hydrogen (secondary N) is 2. The molecule has 0 aliphatic carbocycles. The van der Waals surface area contributed by atoms with E-state index < -0.39 is 6.10 Å². The van der Waals surface area contributed by atoms with Gasteiger partial charge in [-0.2, -0.15) is 5.10 Å². The van der Waals surface area contributed by atoms with Gasteiger partial charge in [-0.1, -0.05) is 29.8 Å². The van der Waals surface area contributed by atoms with Gasteiger partial charge in [0.2, 0.25) is 0 Å². The summed E-state index contributed by atoms with van der Waals surface area (Å²) in [6.07, 6.45) is 2.40. The molecule has 1 saturated heterocycles. The van der Waals surface area contributed by atoms with Crippen molar-refractivity contribution in [2.75, 3.05) is 18.4 Å². The van der Waals surface area contributed by atoms with Crippen LogP contribution in [-0.2, 0) is 4.79 Å². The van der Waals surface area contributed by atoms with Crippen LogP contribution in [0, 0.1) is 0 Å². The highest BCUT2D eigenvalue weighted by Gasteiger charge is 2.29. The van der Waals surface area contributed by atoms with Crippen molar-refractivity contribution in [2.24, 2.45) is 0 Å². The van der Waals surface area contributed by atoms with E-state index in [1.165, 1.54) is 0 Å². The predicted octanol–water partition coefficient (Wildman–Crippen LogP) is 3.35. The highest BCUT2D eigenvalue weighted by molar-refractivity contribution is 6.31. The summed E-state index contributed by atoms with van der Waals surface area (Å²) in [5.41, 5.74) is 2.43. The molecule has 27 heavy (non-hydrogen) atoms. The van der Waals surface area contributed by atoms with Gasteiger partial charge in [-0.3, -0.25) is 9.89 Å². The van der Waals surface area contributed by atoms with Crippen LogP contribution in [0.15, 0.2) is 48.7 Å². The van der Waals surface area contributed by atoms with Crippen LogP contribution in [0.25, 0.3) is 10.9 Å². The Balaban J connectivity index is 1.44. The Labute approximate surface area is 162 Å². The number of rotatable bonds is 4. The standard InChI is InChI=1S/C20H21ClN4O2/c21-17-6-2-1-5-16(17)19(26)20(27)25-9-3-4-15(12-25)23-14-7-8-18-13(10-14)11-22-24-18/h1-2,5-8,10-11,15,19,23,26H,3-4,9,12H2,(H,22,24)/t15?,19-/m0/s1. The van der Waals surface area contributed by atoms with Crippen LogP contribution in [0.5, 0.6) is 0 Å². The van der Waals surface area contributed by atoms with Crippen LogP contribution in [0.1, 0.15) is 24.5 Å². The van der Waals surface area contributed by atoms with E-state index in [-0.39, 0.29) is 11.9 Å². The fourth-order valence-electron chi connectivity index (χ4n) is 3.57. The van der Waals surface area contributed by atoms with Crippen LogP contribution in [0.2, 0.25) is 5.02 Å². The van der Waals surface area contributed by atoms with Crippen LogP contribution < -0.4 is 5.32 Å². The Kier molecular flexibility index (Phi) is 5.01. The van der Waals surface area contributed by atoms with Crippen molar-refractivity contribution in [3.8, 4) is 0 Å². The molecule has 0 bridgehead atoms. The van der Waals surface area contributed by atoms with E-state index in [2.05, 4.69) is 15.5 Å². The highest BCUT2D eigenvalue weighted by atomic mass is 35.5. The second-order valence-electron chi connectivity index (χ2n) is 6.86. The number of amides is 1. The van der Waals surface area contributed by atoms with Gasteiger partial charge >= 0.3 is 0 Å². The zero-order valence-corrected chi connectivity index (χ0v) is 15.5. The number of aliphatic hydroxyl groups excluding tert-OH is 1. The van der Waals surface area contributed by atoms with Gasteiger partial charge in [0, 0.05) is 40.8 Å². The first-order chi connectivity index (χ1) is 13.1. The normalized spacial score (nSPS) is 18.4. The van der Waals surface area contributed by atoms with Gasteiger partial charge in [0.15, 0.2) is 6.10 Å². The van der Waals surface area contributed by atoms with E-state index in [4.69, 9.17) is 11.6 Å². The van der Waals surface area contributed by atoms with Crippen LogP contribution >= 0.6 is 11.6 Å². The Morgan fingerprint density at radius 3 is 3.04 bits per heavy atom. The molecule has 3 aromatic rings. The summed E-state index contributed by atoms with van der Waals surface area (Å²) >= 11 is 6.13. The van der Waals surface area contributed by atoms with Gasteiger partial charge in [-0.05, 0) is 37.1 Å². The molecule has 0 spiro atoms. The van der Waals surface area contributed by atoms with Gasteiger partial charge in [-0.25, -0.2) is 0 Å². The fraction of sp³-hybridized carbons (Fsp3) is 0.300. The molecule has 1 fully saturated rings. The lowest BCUT2D eigenvalue weighted by atomic mass is 10.0. The smallest absolute Gasteiger partial charge is 0.256 e. The number of hydrogen-bond acceptors (Lipinski definition) is 4. The summed E-state index contributed by atoms with van der Waals surface area (Å²) < 4.78 is 0.